The Bertz CT molecular complexity index is 87.1. The highest BCUT2D eigenvalue weighted by molar-refractivity contribution is 7.13. The molecule has 1 saturated heterocycles. The van der Waals surface area contributed by atoms with Gasteiger partial charge in [0.1, 0.15) is 0 Å². The number of nitrogens with one attached hydrogen (secondary N) is 2. The first-order valence-electron chi connectivity index (χ1n) is 3.51. The van der Waals surface area contributed by atoms with Crippen LogP contribution in [-0.2, 0) is 0 Å². The molecule has 0 aromatic carbocycles. The predicted octanol–water partition coefficient (Wildman–Crippen LogP) is 0.364. The van der Waals surface area contributed by atoms with Crippen LogP contribution < -0.4 is 10.4 Å². The van der Waals surface area contributed by atoms with Crippen molar-refractivity contribution in [3.63, 3.8) is 0 Å². The summed E-state index contributed by atoms with van der Waals surface area (Å²) in [5.74, 6) is 0.774. The molecule has 2 N–H and O–H groups in total. The maximum atomic E-state index is 3.35. The maximum absolute atomic E-state index is 3.35. The minimum absolute atomic E-state index is 0.705. The second kappa shape index (κ2) is 3.50. The van der Waals surface area contributed by atoms with Gasteiger partial charge in [-0.3, -0.25) is 5.09 Å². The van der Waals surface area contributed by atoms with Crippen molar-refractivity contribution in [2.75, 3.05) is 13.1 Å². The molecule has 9 heavy (non-hydrogen) atoms. The fourth-order valence-electron chi connectivity index (χ4n) is 1.26. The molecule has 3 heteroatoms. The van der Waals surface area contributed by atoms with Crippen LogP contribution in [0.1, 0.15) is 13.3 Å². The van der Waals surface area contributed by atoms with E-state index < -0.39 is 0 Å². The van der Waals surface area contributed by atoms with Gasteiger partial charge in [0, 0.05) is 6.04 Å². The van der Waals surface area contributed by atoms with Gasteiger partial charge in [-0.2, -0.15) is 0 Å². The Hall–Kier alpha value is 0.350. The Morgan fingerprint density at radius 2 is 2.44 bits per heavy atom. The Morgan fingerprint density at radius 3 is 2.89 bits per heavy atom. The number of rotatable bonds is 1. The molecule has 0 aliphatic carbocycles. The molecular weight excluding hydrogens is 131 g/mol. The van der Waals surface area contributed by atoms with Gasteiger partial charge in [0.25, 0.3) is 0 Å². The summed E-state index contributed by atoms with van der Waals surface area (Å²) in [5.41, 5.74) is 0. The zero-order valence-electron chi connectivity index (χ0n) is 5.85. The molecule has 2 nitrogen and oxygen atoms in total. The van der Waals surface area contributed by atoms with Crippen molar-refractivity contribution in [2.24, 2.45) is 5.92 Å². The van der Waals surface area contributed by atoms with Gasteiger partial charge in [-0.1, -0.05) is 16.3 Å². The molecule has 3 atom stereocenters. The molecule has 54 valence electrons. The topological polar surface area (TPSA) is 24.1 Å². The molecule has 0 amide bonds. The van der Waals surface area contributed by atoms with Crippen LogP contribution in [0, 0.1) is 5.92 Å². The van der Waals surface area contributed by atoms with Gasteiger partial charge >= 0.3 is 0 Å². The zero-order chi connectivity index (χ0) is 6.69. The van der Waals surface area contributed by atoms with Crippen LogP contribution in [0.15, 0.2) is 0 Å². The fraction of sp³-hybridized carbons (Fsp3) is 1.00. The molecule has 1 rings (SSSR count). The van der Waals surface area contributed by atoms with E-state index in [-0.39, 0.29) is 0 Å². The van der Waals surface area contributed by atoms with E-state index in [4.69, 9.17) is 0 Å². The molecule has 3 unspecified atom stereocenters. The lowest BCUT2D eigenvalue weighted by Crippen LogP contribution is -2.43. The van der Waals surface area contributed by atoms with Crippen LogP contribution in [0.4, 0.5) is 0 Å². The molecule has 0 saturated carbocycles. The van der Waals surface area contributed by atoms with E-state index >= 15 is 0 Å². The van der Waals surface area contributed by atoms with Crippen LogP contribution >= 0.6 is 9.39 Å². The normalized spacial score (nSPS) is 36.7. The van der Waals surface area contributed by atoms with Crippen molar-refractivity contribution in [2.45, 2.75) is 19.4 Å². The molecule has 0 bridgehead atoms. The summed E-state index contributed by atoms with van der Waals surface area (Å²) in [5, 5.41) is 6.58. The van der Waals surface area contributed by atoms with E-state index in [1.165, 1.54) is 6.42 Å². The third kappa shape index (κ3) is 1.89. The first-order valence-corrected chi connectivity index (χ1v) is 4.09. The molecule has 0 aromatic rings. The summed E-state index contributed by atoms with van der Waals surface area (Å²) >= 11 is 0. The second-order valence-corrected chi connectivity index (χ2v) is 3.08. The van der Waals surface area contributed by atoms with E-state index in [9.17, 15) is 0 Å². The molecule has 0 radical (unpaired) electrons. The molecule has 0 aromatic heterocycles. The van der Waals surface area contributed by atoms with E-state index in [0.29, 0.717) is 6.04 Å². The Labute approximate surface area is 59.0 Å². The van der Waals surface area contributed by atoms with E-state index in [2.05, 4.69) is 26.7 Å². The van der Waals surface area contributed by atoms with Crippen LogP contribution in [-0.4, -0.2) is 19.1 Å². The fourth-order valence-corrected chi connectivity index (χ4v) is 1.76. The predicted molar refractivity (Wildman–Crippen MR) is 43.3 cm³/mol. The van der Waals surface area contributed by atoms with Crippen LogP contribution in [0.2, 0.25) is 0 Å². The lowest BCUT2D eigenvalue weighted by molar-refractivity contribution is 0.334. The number of piperidine rings is 1. The maximum Gasteiger partial charge on any atom is 0.0149 e. The largest absolute Gasteiger partial charge is 0.316 e. The van der Waals surface area contributed by atoms with E-state index in [1.807, 2.05) is 0 Å². The first kappa shape index (κ1) is 7.46. The van der Waals surface area contributed by atoms with Crippen molar-refractivity contribution in [3.8, 4) is 0 Å². The van der Waals surface area contributed by atoms with Crippen molar-refractivity contribution < 1.29 is 0 Å². The van der Waals surface area contributed by atoms with Crippen LogP contribution in [0.3, 0.4) is 0 Å². The van der Waals surface area contributed by atoms with E-state index in [0.717, 1.165) is 19.0 Å². The van der Waals surface area contributed by atoms with Gasteiger partial charge in [0.15, 0.2) is 0 Å². The quantitative estimate of drug-likeness (QED) is 0.522. The minimum atomic E-state index is 0.705. The van der Waals surface area contributed by atoms with Crippen LogP contribution in [0.25, 0.3) is 0 Å². The summed E-state index contributed by atoms with van der Waals surface area (Å²) in [6.07, 6.45) is 1.25. The van der Waals surface area contributed by atoms with Gasteiger partial charge in [0.05, 0.1) is 0 Å². The SMILES string of the molecule is CC1CNCCC1NP. The highest BCUT2D eigenvalue weighted by Crippen LogP contribution is 2.10. The monoisotopic (exact) mass is 146 g/mol. The third-order valence-corrected chi connectivity index (χ3v) is 2.43. The number of hydrogen-bond donors (Lipinski definition) is 2. The van der Waals surface area contributed by atoms with Gasteiger partial charge < -0.3 is 5.32 Å². The molecule has 0 spiro atoms. The van der Waals surface area contributed by atoms with Crippen molar-refractivity contribution in [1.29, 1.82) is 0 Å². The Morgan fingerprint density at radius 1 is 1.67 bits per heavy atom. The first-order chi connectivity index (χ1) is 4.34. The summed E-state index contributed by atoms with van der Waals surface area (Å²) in [6, 6.07) is 0.705. The Balaban J connectivity index is 2.30. The summed E-state index contributed by atoms with van der Waals surface area (Å²) < 4.78 is 0. The highest BCUT2D eigenvalue weighted by Gasteiger charge is 2.18. The Kier molecular flexibility index (Phi) is 2.90. The summed E-state index contributed by atoms with van der Waals surface area (Å²) in [4.78, 5) is 0. The summed E-state index contributed by atoms with van der Waals surface area (Å²) in [6.45, 7) is 4.59. The average molecular weight is 146 g/mol. The average Bonchev–Trinajstić information content (AvgIpc) is 1.89. The van der Waals surface area contributed by atoms with Crippen molar-refractivity contribution in [1.82, 2.24) is 10.4 Å². The molecule has 1 aliphatic heterocycles. The van der Waals surface area contributed by atoms with Crippen molar-refractivity contribution in [3.05, 3.63) is 0 Å². The van der Waals surface area contributed by atoms with Gasteiger partial charge in [0.2, 0.25) is 0 Å². The second-order valence-electron chi connectivity index (χ2n) is 2.74. The lowest BCUT2D eigenvalue weighted by atomic mass is 9.97. The zero-order valence-corrected chi connectivity index (χ0v) is 7.01. The number of hydrogen-bond acceptors (Lipinski definition) is 2. The molecule has 1 aliphatic rings. The molecule has 1 heterocycles. The third-order valence-electron chi connectivity index (χ3n) is 2.00. The van der Waals surface area contributed by atoms with Crippen LogP contribution in [0.5, 0.6) is 0 Å². The smallest absolute Gasteiger partial charge is 0.0149 e. The van der Waals surface area contributed by atoms with Gasteiger partial charge in [-0.15, -0.1) is 0 Å². The molecule has 1 fully saturated rings. The lowest BCUT2D eigenvalue weighted by Gasteiger charge is -2.28. The van der Waals surface area contributed by atoms with Gasteiger partial charge in [-0.05, 0) is 25.4 Å². The molecular formula is C6H15N2P. The van der Waals surface area contributed by atoms with E-state index in [1.54, 1.807) is 0 Å². The summed E-state index contributed by atoms with van der Waals surface area (Å²) in [7, 11) is 2.59. The standard InChI is InChI=1S/C6H15N2P/c1-5-4-7-3-2-6(5)8-9/h5-8H,2-4,9H2,1H3. The van der Waals surface area contributed by atoms with Crippen molar-refractivity contribution >= 4 is 9.39 Å². The minimum Gasteiger partial charge on any atom is -0.316 e. The van der Waals surface area contributed by atoms with Gasteiger partial charge in [-0.25, -0.2) is 0 Å². The highest BCUT2D eigenvalue weighted by atomic mass is 31.0.